The maximum Gasteiger partial charge on any atom is 0.252 e. The molecule has 1 heterocycles. The molecule has 1 aliphatic carbocycles. The van der Waals surface area contributed by atoms with E-state index in [0.29, 0.717) is 13.0 Å². The van der Waals surface area contributed by atoms with Crippen molar-refractivity contribution in [2.24, 2.45) is 0 Å². The summed E-state index contributed by atoms with van der Waals surface area (Å²) in [5, 5.41) is 7.88. The molecule has 0 bridgehead atoms. The summed E-state index contributed by atoms with van der Waals surface area (Å²) in [4.78, 5) is 25.4. The standard InChI is InChI=1S/C20H24N2O2S/c1-2-5-19(23)22-15-10-8-14(9-11-15)12-21-20(24)17-13-25-18-7-4-3-6-16(17)18/h8-11,13H,2-7,12H2,1H3,(H,21,24)(H,22,23). The lowest BCUT2D eigenvalue weighted by molar-refractivity contribution is -0.116. The first kappa shape index (κ1) is 17.7. The van der Waals surface area contributed by atoms with Gasteiger partial charge in [0.2, 0.25) is 5.91 Å². The Hall–Kier alpha value is -2.14. The number of hydrogen-bond donors (Lipinski definition) is 2. The van der Waals surface area contributed by atoms with Crippen molar-refractivity contribution in [2.75, 3.05) is 5.32 Å². The number of carbonyl (C=O) groups excluding carboxylic acids is 2. The van der Waals surface area contributed by atoms with E-state index in [4.69, 9.17) is 0 Å². The molecule has 25 heavy (non-hydrogen) atoms. The van der Waals surface area contributed by atoms with Crippen LogP contribution < -0.4 is 10.6 Å². The predicted octanol–water partition coefficient (Wildman–Crippen LogP) is 4.30. The zero-order chi connectivity index (χ0) is 17.6. The first-order chi connectivity index (χ1) is 12.2. The second-order valence-corrected chi connectivity index (χ2v) is 7.40. The molecule has 0 unspecified atom stereocenters. The predicted molar refractivity (Wildman–Crippen MR) is 102 cm³/mol. The minimum absolute atomic E-state index is 0.0136. The highest BCUT2D eigenvalue weighted by Gasteiger charge is 2.19. The molecule has 0 radical (unpaired) electrons. The summed E-state index contributed by atoms with van der Waals surface area (Å²) in [6.07, 6.45) is 5.90. The molecule has 2 amide bonds. The molecule has 4 nitrogen and oxygen atoms in total. The fraction of sp³-hybridized carbons (Fsp3) is 0.400. The number of nitrogens with one attached hydrogen (secondary N) is 2. The van der Waals surface area contributed by atoms with Crippen LogP contribution in [0.5, 0.6) is 0 Å². The molecule has 2 aromatic rings. The van der Waals surface area contributed by atoms with E-state index in [1.165, 1.54) is 23.3 Å². The second kappa shape index (κ2) is 8.30. The van der Waals surface area contributed by atoms with E-state index < -0.39 is 0 Å². The van der Waals surface area contributed by atoms with Crippen LogP contribution in [0, 0.1) is 0 Å². The smallest absolute Gasteiger partial charge is 0.252 e. The molecule has 0 aliphatic heterocycles. The van der Waals surface area contributed by atoms with E-state index in [9.17, 15) is 9.59 Å². The minimum atomic E-state index is 0.0136. The van der Waals surface area contributed by atoms with Gasteiger partial charge < -0.3 is 10.6 Å². The molecule has 132 valence electrons. The van der Waals surface area contributed by atoms with Gasteiger partial charge in [-0.3, -0.25) is 9.59 Å². The Morgan fingerprint density at radius 1 is 1.12 bits per heavy atom. The Bertz CT molecular complexity index is 750. The van der Waals surface area contributed by atoms with E-state index in [-0.39, 0.29) is 11.8 Å². The van der Waals surface area contributed by atoms with E-state index in [1.807, 2.05) is 36.6 Å². The molecule has 0 saturated heterocycles. The van der Waals surface area contributed by atoms with Crippen LogP contribution in [0.25, 0.3) is 0 Å². The van der Waals surface area contributed by atoms with Gasteiger partial charge in [0.15, 0.2) is 0 Å². The summed E-state index contributed by atoms with van der Waals surface area (Å²) >= 11 is 1.71. The number of aryl methyl sites for hydroxylation is 1. The maximum absolute atomic E-state index is 12.5. The summed E-state index contributed by atoms with van der Waals surface area (Å²) in [7, 11) is 0. The maximum atomic E-state index is 12.5. The Morgan fingerprint density at radius 3 is 2.64 bits per heavy atom. The van der Waals surface area contributed by atoms with Crippen molar-refractivity contribution in [1.29, 1.82) is 0 Å². The van der Waals surface area contributed by atoms with Gasteiger partial charge in [0, 0.05) is 28.9 Å². The quantitative estimate of drug-likeness (QED) is 0.811. The summed E-state index contributed by atoms with van der Waals surface area (Å²) in [5.41, 5.74) is 3.91. The van der Waals surface area contributed by atoms with Gasteiger partial charge in [-0.25, -0.2) is 0 Å². The monoisotopic (exact) mass is 356 g/mol. The molecule has 0 saturated carbocycles. The first-order valence-electron chi connectivity index (χ1n) is 8.93. The summed E-state index contributed by atoms with van der Waals surface area (Å²) in [6, 6.07) is 7.62. The van der Waals surface area contributed by atoms with Crippen LogP contribution >= 0.6 is 11.3 Å². The average Bonchev–Trinajstić information content (AvgIpc) is 3.05. The van der Waals surface area contributed by atoms with Crippen LogP contribution in [0.2, 0.25) is 0 Å². The molecule has 5 heteroatoms. The van der Waals surface area contributed by atoms with Crippen molar-refractivity contribution in [2.45, 2.75) is 52.0 Å². The van der Waals surface area contributed by atoms with E-state index in [1.54, 1.807) is 11.3 Å². The molecule has 3 rings (SSSR count). The lowest BCUT2D eigenvalue weighted by Gasteiger charge is -2.13. The summed E-state index contributed by atoms with van der Waals surface area (Å²) < 4.78 is 0. The van der Waals surface area contributed by atoms with Gasteiger partial charge in [0.25, 0.3) is 5.91 Å². The number of benzene rings is 1. The fourth-order valence-electron chi connectivity index (χ4n) is 3.12. The minimum Gasteiger partial charge on any atom is -0.348 e. The number of fused-ring (bicyclic) bond motifs is 1. The highest BCUT2D eigenvalue weighted by atomic mass is 32.1. The number of hydrogen-bond acceptors (Lipinski definition) is 3. The molecule has 1 aromatic carbocycles. The normalized spacial score (nSPS) is 13.2. The second-order valence-electron chi connectivity index (χ2n) is 6.44. The van der Waals surface area contributed by atoms with E-state index >= 15 is 0 Å². The third kappa shape index (κ3) is 4.48. The fourth-order valence-corrected chi connectivity index (χ4v) is 4.24. The molecular formula is C20H24N2O2S. The summed E-state index contributed by atoms with van der Waals surface area (Å²) in [6.45, 7) is 2.47. The van der Waals surface area contributed by atoms with Gasteiger partial charge in [0.05, 0.1) is 5.56 Å². The van der Waals surface area contributed by atoms with Crippen LogP contribution in [-0.2, 0) is 24.2 Å². The van der Waals surface area contributed by atoms with Gasteiger partial charge in [-0.1, -0.05) is 19.1 Å². The van der Waals surface area contributed by atoms with Gasteiger partial charge in [-0.05, 0) is 55.4 Å². The highest BCUT2D eigenvalue weighted by molar-refractivity contribution is 7.10. The van der Waals surface area contributed by atoms with Crippen LogP contribution in [-0.4, -0.2) is 11.8 Å². The number of carbonyl (C=O) groups is 2. The Kier molecular flexibility index (Phi) is 5.87. The van der Waals surface area contributed by atoms with Crippen LogP contribution in [0.15, 0.2) is 29.6 Å². The Labute approximate surface area is 152 Å². The molecule has 2 N–H and O–H groups in total. The molecule has 0 fully saturated rings. The van der Waals surface area contributed by atoms with E-state index in [0.717, 1.165) is 36.1 Å². The van der Waals surface area contributed by atoms with Crippen molar-refractivity contribution < 1.29 is 9.59 Å². The van der Waals surface area contributed by atoms with Crippen molar-refractivity contribution in [3.05, 3.63) is 51.2 Å². The van der Waals surface area contributed by atoms with Crippen LogP contribution in [0.1, 0.15) is 59.0 Å². The molecule has 0 spiro atoms. The lowest BCUT2D eigenvalue weighted by Crippen LogP contribution is -2.23. The number of anilines is 1. The van der Waals surface area contributed by atoms with Crippen LogP contribution in [0.3, 0.4) is 0 Å². The molecule has 0 atom stereocenters. The first-order valence-corrected chi connectivity index (χ1v) is 9.81. The Balaban J connectivity index is 1.55. The molecule has 1 aromatic heterocycles. The van der Waals surface area contributed by atoms with Gasteiger partial charge in [0.1, 0.15) is 0 Å². The zero-order valence-electron chi connectivity index (χ0n) is 14.6. The third-order valence-electron chi connectivity index (χ3n) is 4.47. The van der Waals surface area contributed by atoms with Crippen molar-refractivity contribution in [1.82, 2.24) is 5.32 Å². The Morgan fingerprint density at radius 2 is 1.88 bits per heavy atom. The summed E-state index contributed by atoms with van der Waals surface area (Å²) in [5.74, 6) is 0.0468. The van der Waals surface area contributed by atoms with Crippen molar-refractivity contribution in [3.63, 3.8) is 0 Å². The number of amides is 2. The van der Waals surface area contributed by atoms with Crippen LogP contribution in [0.4, 0.5) is 5.69 Å². The number of rotatable bonds is 6. The lowest BCUT2D eigenvalue weighted by atomic mass is 9.95. The molecule has 1 aliphatic rings. The third-order valence-corrected chi connectivity index (χ3v) is 5.56. The van der Waals surface area contributed by atoms with Gasteiger partial charge in [-0.15, -0.1) is 11.3 Å². The van der Waals surface area contributed by atoms with Crippen molar-refractivity contribution >= 4 is 28.8 Å². The van der Waals surface area contributed by atoms with Gasteiger partial charge >= 0.3 is 0 Å². The van der Waals surface area contributed by atoms with Crippen molar-refractivity contribution in [3.8, 4) is 0 Å². The highest BCUT2D eigenvalue weighted by Crippen LogP contribution is 2.30. The SMILES string of the molecule is CCCC(=O)Nc1ccc(CNC(=O)c2csc3c2CCCC3)cc1. The number of thiophene rings is 1. The average molecular weight is 356 g/mol. The topological polar surface area (TPSA) is 58.2 Å². The largest absolute Gasteiger partial charge is 0.348 e. The van der Waals surface area contributed by atoms with Gasteiger partial charge in [-0.2, -0.15) is 0 Å². The zero-order valence-corrected chi connectivity index (χ0v) is 15.4. The van der Waals surface area contributed by atoms with E-state index in [2.05, 4.69) is 10.6 Å². The molecular weight excluding hydrogens is 332 g/mol.